The van der Waals surface area contributed by atoms with E-state index in [1.165, 1.54) is 17.0 Å². The number of carbonyl (C=O) groups is 2. The molecule has 0 unspecified atom stereocenters. The molecule has 4 rings (SSSR count). The zero-order chi connectivity index (χ0) is 33.4. The third kappa shape index (κ3) is 8.82. The average Bonchev–Trinajstić information content (AvgIpc) is 3.02. The van der Waals surface area contributed by atoms with Gasteiger partial charge in [-0.15, -0.1) is 0 Å². The highest BCUT2D eigenvalue weighted by Gasteiger charge is 2.35. The topological polar surface area (TPSA) is 86.8 Å². The fourth-order valence-electron chi connectivity index (χ4n) is 5.00. The van der Waals surface area contributed by atoms with Crippen molar-refractivity contribution in [2.24, 2.45) is 0 Å². The first-order valence-electron chi connectivity index (χ1n) is 14.8. The Balaban J connectivity index is 1.84. The summed E-state index contributed by atoms with van der Waals surface area (Å²) in [6.45, 7) is 5.28. The molecule has 0 saturated carbocycles. The molecule has 7 nitrogen and oxygen atoms in total. The summed E-state index contributed by atoms with van der Waals surface area (Å²) in [5, 5.41) is 4.09. The zero-order valence-corrected chi connectivity index (χ0v) is 28.9. The van der Waals surface area contributed by atoms with E-state index in [1.54, 1.807) is 55.5 Å². The Morgan fingerprint density at radius 3 is 2.13 bits per heavy atom. The summed E-state index contributed by atoms with van der Waals surface area (Å²) in [5.74, 6) is -0.955. The maximum Gasteiger partial charge on any atom is 0.264 e. The van der Waals surface area contributed by atoms with E-state index in [-0.39, 0.29) is 29.5 Å². The standard InChI is InChI=1S/C35H36Cl3N3O4S/c1-4-18-39-35(43)33(20-26-8-6-5-7-9-26)40(22-27-12-13-29(37)21-31(27)38)34(42)23-41(32-17-14-28(36)19-25(32)3)46(44,45)30-15-10-24(2)11-16-30/h5-17,19,21,33H,4,18,20,22-23H2,1-3H3,(H,39,43)/t33-/m0/s1. The molecule has 0 aliphatic rings. The van der Waals surface area contributed by atoms with Gasteiger partial charge in [-0.25, -0.2) is 8.42 Å². The van der Waals surface area contributed by atoms with Crippen LogP contribution in [0.1, 0.15) is 35.6 Å². The predicted octanol–water partition coefficient (Wildman–Crippen LogP) is 7.63. The lowest BCUT2D eigenvalue weighted by atomic mass is 10.0. The van der Waals surface area contributed by atoms with Gasteiger partial charge in [-0.2, -0.15) is 0 Å². The first-order valence-corrected chi connectivity index (χ1v) is 17.4. The van der Waals surface area contributed by atoms with Crippen molar-refractivity contribution >= 4 is 62.3 Å². The van der Waals surface area contributed by atoms with Crippen LogP contribution in [0.5, 0.6) is 0 Å². The van der Waals surface area contributed by atoms with Crippen molar-refractivity contribution in [3.8, 4) is 0 Å². The maximum absolute atomic E-state index is 14.6. The molecule has 0 aromatic heterocycles. The summed E-state index contributed by atoms with van der Waals surface area (Å²) in [5.41, 5.74) is 3.12. The van der Waals surface area contributed by atoms with Gasteiger partial charge in [0.1, 0.15) is 12.6 Å². The van der Waals surface area contributed by atoms with E-state index in [0.29, 0.717) is 39.2 Å². The molecule has 46 heavy (non-hydrogen) atoms. The van der Waals surface area contributed by atoms with Crippen LogP contribution in [0.4, 0.5) is 5.69 Å². The zero-order valence-electron chi connectivity index (χ0n) is 25.8. The first-order chi connectivity index (χ1) is 21.9. The second-order valence-electron chi connectivity index (χ2n) is 11.0. The third-order valence-corrected chi connectivity index (χ3v) is 10.1. The van der Waals surface area contributed by atoms with Crippen LogP contribution in [0.25, 0.3) is 0 Å². The largest absolute Gasteiger partial charge is 0.354 e. The second-order valence-corrected chi connectivity index (χ2v) is 14.2. The molecule has 0 aliphatic carbocycles. The van der Waals surface area contributed by atoms with Gasteiger partial charge in [-0.05, 0) is 79.4 Å². The Morgan fingerprint density at radius 2 is 1.50 bits per heavy atom. The van der Waals surface area contributed by atoms with Crippen LogP contribution in [0, 0.1) is 13.8 Å². The van der Waals surface area contributed by atoms with Crippen molar-refractivity contribution < 1.29 is 18.0 Å². The van der Waals surface area contributed by atoms with E-state index in [0.717, 1.165) is 15.4 Å². The number of rotatable bonds is 13. The number of carbonyl (C=O) groups excluding carboxylic acids is 2. The quantitative estimate of drug-likeness (QED) is 0.156. The monoisotopic (exact) mass is 699 g/mol. The summed E-state index contributed by atoms with van der Waals surface area (Å²) >= 11 is 19.0. The SMILES string of the molecule is CCCNC(=O)[C@H](Cc1ccccc1)N(Cc1ccc(Cl)cc1Cl)C(=O)CN(c1ccc(Cl)cc1C)S(=O)(=O)c1ccc(C)cc1. The summed E-state index contributed by atoms with van der Waals surface area (Å²) in [6.07, 6.45) is 0.886. The van der Waals surface area contributed by atoms with Crippen LogP contribution >= 0.6 is 34.8 Å². The minimum Gasteiger partial charge on any atom is -0.354 e. The van der Waals surface area contributed by atoms with Crippen molar-refractivity contribution in [3.63, 3.8) is 0 Å². The normalized spacial score (nSPS) is 12.0. The average molecular weight is 701 g/mol. The number of sulfonamides is 1. The lowest BCUT2D eigenvalue weighted by Gasteiger charge is -2.34. The number of nitrogens with zero attached hydrogens (tertiary/aromatic N) is 2. The summed E-state index contributed by atoms with van der Waals surface area (Å²) in [4.78, 5) is 29.8. The lowest BCUT2D eigenvalue weighted by molar-refractivity contribution is -0.140. The fourth-order valence-corrected chi connectivity index (χ4v) is 7.18. The van der Waals surface area contributed by atoms with Crippen LogP contribution in [0.2, 0.25) is 15.1 Å². The molecule has 0 spiro atoms. The number of halogens is 3. The number of amides is 2. The molecule has 0 heterocycles. The minimum absolute atomic E-state index is 0.0223. The molecule has 11 heteroatoms. The molecule has 1 atom stereocenters. The van der Waals surface area contributed by atoms with Crippen LogP contribution in [0.3, 0.4) is 0 Å². The molecule has 1 N–H and O–H groups in total. The molecule has 0 bridgehead atoms. The van der Waals surface area contributed by atoms with E-state index in [2.05, 4.69) is 5.32 Å². The van der Waals surface area contributed by atoms with Gasteiger partial charge in [0.25, 0.3) is 10.0 Å². The van der Waals surface area contributed by atoms with Crippen molar-refractivity contribution in [1.29, 1.82) is 0 Å². The molecule has 2 amide bonds. The van der Waals surface area contributed by atoms with Gasteiger partial charge in [-0.1, -0.05) is 95.8 Å². The highest BCUT2D eigenvalue weighted by atomic mass is 35.5. The first kappa shape index (κ1) is 35.3. The number of nitrogens with one attached hydrogen (secondary N) is 1. The van der Waals surface area contributed by atoms with E-state index < -0.39 is 28.5 Å². The number of hydrogen-bond donors (Lipinski definition) is 1. The smallest absolute Gasteiger partial charge is 0.264 e. The Labute approximate surface area is 286 Å². The van der Waals surface area contributed by atoms with E-state index >= 15 is 0 Å². The van der Waals surface area contributed by atoms with E-state index in [1.807, 2.05) is 44.2 Å². The van der Waals surface area contributed by atoms with Crippen LogP contribution < -0.4 is 9.62 Å². The van der Waals surface area contributed by atoms with Gasteiger partial charge in [0.05, 0.1) is 10.6 Å². The summed E-state index contributed by atoms with van der Waals surface area (Å²) in [7, 11) is -4.24. The van der Waals surface area contributed by atoms with Gasteiger partial charge in [0.15, 0.2) is 0 Å². The summed E-state index contributed by atoms with van der Waals surface area (Å²) in [6, 6.07) is 24.5. The van der Waals surface area contributed by atoms with Gasteiger partial charge in [0, 0.05) is 34.6 Å². The Hall–Kier alpha value is -3.56. The van der Waals surface area contributed by atoms with Crippen molar-refractivity contribution in [3.05, 3.63) is 128 Å². The van der Waals surface area contributed by atoms with E-state index in [9.17, 15) is 18.0 Å². The fraction of sp³-hybridized carbons (Fsp3) is 0.257. The molecule has 0 saturated heterocycles. The number of anilines is 1. The molecule has 0 radical (unpaired) electrons. The van der Waals surface area contributed by atoms with Crippen molar-refractivity contribution in [1.82, 2.24) is 10.2 Å². The van der Waals surface area contributed by atoms with Crippen molar-refractivity contribution in [2.75, 3.05) is 17.4 Å². The minimum atomic E-state index is -4.24. The second kappa shape index (κ2) is 15.8. The van der Waals surface area contributed by atoms with E-state index in [4.69, 9.17) is 34.8 Å². The molecule has 4 aromatic rings. The number of hydrogen-bond acceptors (Lipinski definition) is 4. The highest BCUT2D eigenvalue weighted by Crippen LogP contribution is 2.30. The molecule has 4 aromatic carbocycles. The number of benzene rings is 4. The third-order valence-electron chi connectivity index (χ3n) is 7.49. The predicted molar refractivity (Wildman–Crippen MR) is 186 cm³/mol. The van der Waals surface area contributed by atoms with Gasteiger partial charge in [-0.3, -0.25) is 13.9 Å². The number of aryl methyl sites for hydroxylation is 2. The van der Waals surface area contributed by atoms with Gasteiger partial charge in [0.2, 0.25) is 11.8 Å². The van der Waals surface area contributed by atoms with Crippen LogP contribution in [-0.4, -0.2) is 44.3 Å². The van der Waals surface area contributed by atoms with Crippen molar-refractivity contribution in [2.45, 2.75) is 51.1 Å². The molecular formula is C35H36Cl3N3O4S. The molecule has 0 fully saturated rings. The van der Waals surface area contributed by atoms with Crippen LogP contribution in [-0.2, 0) is 32.6 Å². The Kier molecular flexibility index (Phi) is 12.1. The van der Waals surface area contributed by atoms with Gasteiger partial charge >= 0.3 is 0 Å². The van der Waals surface area contributed by atoms with Crippen LogP contribution in [0.15, 0.2) is 95.9 Å². The molecule has 0 aliphatic heterocycles. The molecule has 242 valence electrons. The Bertz CT molecular complexity index is 1790. The Morgan fingerprint density at radius 1 is 0.848 bits per heavy atom. The van der Waals surface area contributed by atoms with Gasteiger partial charge < -0.3 is 10.2 Å². The lowest BCUT2D eigenvalue weighted by Crippen LogP contribution is -2.53. The maximum atomic E-state index is 14.6. The summed E-state index contributed by atoms with van der Waals surface area (Å²) < 4.78 is 29.5. The molecular weight excluding hydrogens is 665 g/mol. The highest BCUT2D eigenvalue weighted by molar-refractivity contribution is 7.92.